The van der Waals surface area contributed by atoms with Crippen molar-refractivity contribution in [1.82, 2.24) is 0 Å². The number of nitrogens with two attached hydrogens (primary N) is 2. The smallest absolute Gasteiger partial charge is 0.544 e. The van der Waals surface area contributed by atoms with Crippen molar-refractivity contribution < 1.29 is 19.8 Å². The summed E-state index contributed by atoms with van der Waals surface area (Å²) in [6, 6.07) is 0. The maximum atomic E-state index is 9.98. The molecule has 0 radical (unpaired) electrons. The van der Waals surface area contributed by atoms with Crippen LogP contribution in [0.2, 0.25) is 0 Å². The maximum absolute atomic E-state index is 9.98. The Bertz CT molecular complexity index is 416. The Balaban J connectivity index is 0.000000324. The number of nitrogens with zero attached hydrogens (tertiary/aromatic N) is 8. The number of aliphatic carboxylic acids is 2. The van der Waals surface area contributed by atoms with Crippen molar-refractivity contribution >= 4 is 49.7 Å². The number of carboxylic acids is 2. The summed E-state index contributed by atoms with van der Waals surface area (Å²) in [5.74, 6) is -7.40. The van der Waals surface area contributed by atoms with Gasteiger partial charge in [-0.15, -0.1) is 20.5 Å². The van der Waals surface area contributed by atoms with E-state index in [0.29, 0.717) is 0 Å². The van der Waals surface area contributed by atoms with Gasteiger partial charge in [-0.25, -0.2) is 0 Å². The van der Waals surface area contributed by atoms with E-state index in [1.54, 1.807) is 0 Å². The first-order valence-corrected chi connectivity index (χ1v) is 3.99. The van der Waals surface area contributed by atoms with Gasteiger partial charge in [-0.05, 0) is 20.9 Å². The standard InChI is InChI=1S/2C2H3N5O2.Ca/c2*3-2(1(8)9)4-6-7-5-2;/h2*3H2,(H,8,9);/q;;+2/p-2. The van der Waals surface area contributed by atoms with E-state index in [9.17, 15) is 19.8 Å². The van der Waals surface area contributed by atoms with E-state index in [-0.39, 0.29) is 37.7 Å². The second-order valence-electron chi connectivity index (χ2n) is 2.78. The number of carbonyl (C=O) groups is 2. The topological polar surface area (TPSA) is 231 Å². The molecule has 0 unspecified atom stereocenters. The first-order chi connectivity index (χ1) is 8.30. The van der Waals surface area contributed by atoms with E-state index in [2.05, 4.69) is 41.4 Å². The van der Waals surface area contributed by atoms with Crippen LogP contribution in [-0.2, 0) is 9.59 Å². The van der Waals surface area contributed by atoms with Gasteiger partial charge in [0.15, 0.2) is 0 Å². The van der Waals surface area contributed by atoms with Crippen molar-refractivity contribution in [1.29, 1.82) is 0 Å². The minimum atomic E-state index is -2.08. The summed E-state index contributed by atoms with van der Waals surface area (Å²) in [5.41, 5.74) is 9.84. The Morgan fingerprint density at radius 3 is 1.05 bits per heavy atom. The molecule has 0 fully saturated rings. The van der Waals surface area contributed by atoms with E-state index < -0.39 is 23.5 Å². The second-order valence-corrected chi connectivity index (χ2v) is 2.78. The van der Waals surface area contributed by atoms with Gasteiger partial charge in [-0.2, -0.15) is 0 Å². The van der Waals surface area contributed by atoms with Crippen molar-refractivity contribution in [3.8, 4) is 0 Å². The Kier molecular flexibility index (Phi) is 6.10. The Hall–Kier alpha value is -1.48. The van der Waals surface area contributed by atoms with Crippen LogP contribution in [0.1, 0.15) is 0 Å². The third-order valence-corrected chi connectivity index (χ3v) is 1.47. The van der Waals surface area contributed by atoms with Gasteiger partial charge in [0, 0.05) is 0 Å². The Labute approximate surface area is 133 Å². The van der Waals surface area contributed by atoms with Crippen molar-refractivity contribution in [2.24, 2.45) is 52.8 Å². The molecule has 0 aromatic carbocycles. The number of hydrogen-bond donors (Lipinski definition) is 2. The molecule has 0 amide bonds. The molecule has 14 nitrogen and oxygen atoms in total. The zero-order chi connectivity index (χ0) is 13.8. The maximum Gasteiger partial charge on any atom is 2.00 e. The molecular weight excluding hydrogens is 292 g/mol. The molecule has 19 heavy (non-hydrogen) atoms. The molecule has 0 aliphatic carbocycles. The molecule has 0 aromatic rings. The SMILES string of the molecule is NC1(C(=O)[O-])N=NN=N1.NC1(C(=O)[O-])N=NN=N1.[Ca+2]. The van der Waals surface area contributed by atoms with Crippen LogP contribution < -0.4 is 21.7 Å². The number of carboxylic acid groups (broad SMARTS) is 2. The van der Waals surface area contributed by atoms with Crippen LogP contribution in [0.4, 0.5) is 0 Å². The van der Waals surface area contributed by atoms with Crippen LogP contribution in [0.3, 0.4) is 0 Å². The second kappa shape index (κ2) is 6.62. The van der Waals surface area contributed by atoms with Crippen molar-refractivity contribution in [2.75, 3.05) is 0 Å². The molecule has 96 valence electrons. The van der Waals surface area contributed by atoms with Crippen LogP contribution >= 0.6 is 0 Å². The minimum Gasteiger partial charge on any atom is -0.544 e. The molecule has 2 aliphatic rings. The van der Waals surface area contributed by atoms with Gasteiger partial charge in [0.1, 0.15) is 11.9 Å². The number of carbonyl (C=O) groups excluding carboxylic acids is 2. The van der Waals surface area contributed by atoms with Crippen LogP contribution in [0.25, 0.3) is 0 Å². The van der Waals surface area contributed by atoms with Gasteiger partial charge in [0.25, 0.3) is 11.6 Å². The molecule has 0 atom stereocenters. The summed E-state index contributed by atoms with van der Waals surface area (Å²) >= 11 is 0. The molecule has 0 aromatic heterocycles. The van der Waals surface area contributed by atoms with Crippen LogP contribution in [0.15, 0.2) is 41.4 Å². The van der Waals surface area contributed by atoms with Gasteiger partial charge in [0.2, 0.25) is 0 Å². The third-order valence-electron chi connectivity index (χ3n) is 1.47. The average molecular weight is 296 g/mol. The molecule has 4 N–H and O–H groups in total. The quantitative estimate of drug-likeness (QED) is 0.481. The van der Waals surface area contributed by atoms with Gasteiger partial charge in [-0.1, -0.05) is 0 Å². The van der Waals surface area contributed by atoms with Crippen molar-refractivity contribution in [2.45, 2.75) is 11.6 Å². The summed E-state index contributed by atoms with van der Waals surface area (Å²) in [6.07, 6.45) is 0. The molecule has 2 rings (SSSR count). The molecule has 0 spiro atoms. The van der Waals surface area contributed by atoms with Gasteiger partial charge >= 0.3 is 37.7 Å². The summed E-state index contributed by atoms with van der Waals surface area (Å²) < 4.78 is 0. The zero-order valence-corrected chi connectivity index (χ0v) is 11.3. The molecule has 2 heterocycles. The van der Waals surface area contributed by atoms with E-state index in [0.717, 1.165) is 0 Å². The summed E-state index contributed by atoms with van der Waals surface area (Å²) in [5, 5.41) is 43.4. The van der Waals surface area contributed by atoms with Gasteiger partial charge in [-0.3, -0.25) is 11.5 Å². The predicted molar refractivity (Wildman–Crippen MR) is 49.0 cm³/mol. The summed E-state index contributed by atoms with van der Waals surface area (Å²) in [6.45, 7) is 0. The van der Waals surface area contributed by atoms with E-state index >= 15 is 0 Å². The fraction of sp³-hybridized carbons (Fsp3) is 0.500. The average Bonchev–Trinajstić information content (AvgIpc) is 2.90. The van der Waals surface area contributed by atoms with Crippen LogP contribution in [0.5, 0.6) is 0 Å². The third kappa shape index (κ3) is 4.28. The molecule has 15 heteroatoms. The summed E-state index contributed by atoms with van der Waals surface area (Å²) in [7, 11) is 0. The first-order valence-electron chi connectivity index (χ1n) is 3.99. The predicted octanol–water partition coefficient (Wildman–Crippen LogP) is -4.02. The van der Waals surface area contributed by atoms with E-state index in [1.165, 1.54) is 0 Å². The zero-order valence-electron chi connectivity index (χ0n) is 9.07. The fourth-order valence-corrected chi connectivity index (χ4v) is 0.556. The van der Waals surface area contributed by atoms with Crippen LogP contribution in [0, 0.1) is 0 Å². The first kappa shape index (κ1) is 17.5. The van der Waals surface area contributed by atoms with E-state index in [4.69, 9.17) is 11.5 Å². The number of hydrogen-bond acceptors (Lipinski definition) is 14. The molecular formula is C4H4CaN10O4. The minimum absolute atomic E-state index is 0. The van der Waals surface area contributed by atoms with Gasteiger partial charge in [0.05, 0.1) is 0 Å². The molecule has 0 saturated heterocycles. The largest absolute Gasteiger partial charge is 2.00 e. The van der Waals surface area contributed by atoms with E-state index in [1.807, 2.05) is 0 Å². The molecule has 2 aliphatic heterocycles. The number of rotatable bonds is 2. The normalized spacial score (nSPS) is 19.5. The van der Waals surface area contributed by atoms with Crippen molar-refractivity contribution in [3.05, 3.63) is 0 Å². The van der Waals surface area contributed by atoms with Crippen LogP contribution in [-0.4, -0.2) is 61.3 Å². The Morgan fingerprint density at radius 2 is 0.947 bits per heavy atom. The molecule has 0 saturated carbocycles. The summed E-state index contributed by atoms with van der Waals surface area (Å²) in [4.78, 5) is 20.0. The monoisotopic (exact) mass is 296 g/mol. The fourth-order valence-electron chi connectivity index (χ4n) is 0.556. The molecule has 0 bridgehead atoms. The van der Waals surface area contributed by atoms with Crippen molar-refractivity contribution in [3.63, 3.8) is 0 Å². The van der Waals surface area contributed by atoms with Gasteiger partial charge < -0.3 is 19.8 Å². The Morgan fingerprint density at radius 1 is 0.737 bits per heavy atom.